The fraction of sp³-hybridized carbons (Fsp3) is 0.571. The van der Waals surface area contributed by atoms with Crippen molar-refractivity contribution in [2.75, 3.05) is 13.2 Å². The van der Waals surface area contributed by atoms with E-state index in [9.17, 15) is 4.79 Å². The van der Waals surface area contributed by atoms with Crippen molar-refractivity contribution >= 4 is 22.2 Å². The van der Waals surface area contributed by atoms with Crippen LogP contribution >= 0.6 is 11.3 Å². The van der Waals surface area contributed by atoms with Gasteiger partial charge in [-0.05, 0) is 26.7 Å². The standard InChI is InChI=1S/C14H19N3O2S/c1-9-7-17-12(10(2)16-14(17)20-9)6-15-13(18)11-4-3-5-19-8-11/h7,11H,3-6,8H2,1-2H3,(H,15,18)/t11-/m0/s1. The Balaban J connectivity index is 1.69. The fourth-order valence-electron chi connectivity index (χ4n) is 2.58. The van der Waals surface area contributed by atoms with Crippen LogP contribution in [0.3, 0.4) is 0 Å². The minimum absolute atomic E-state index is 0.00307. The second kappa shape index (κ2) is 5.54. The van der Waals surface area contributed by atoms with E-state index in [4.69, 9.17) is 4.74 Å². The van der Waals surface area contributed by atoms with Gasteiger partial charge in [-0.15, -0.1) is 11.3 Å². The third kappa shape index (κ3) is 2.58. The first-order valence-corrected chi connectivity index (χ1v) is 7.76. The third-order valence-electron chi connectivity index (χ3n) is 3.70. The van der Waals surface area contributed by atoms with Crippen LogP contribution in [0.25, 0.3) is 4.96 Å². The Labute approximate surface area is 122 Å². The molecule has 3 heterocycles. The van der Waals surface area contributed by atoms with Crippen molar-refractivity contribution in [1.82, 2.24) is 14.7 Å². The number of nitrogens with one attached hydrogen (secondary N) is 1. The van der Waals surface area contributed by atoms with Crippen LogP contribution < -0.4 is 5.32 Å². The van der Waals surface area contributed by atoms with E-state index in [0.29, 0.717) is 13.2 Å². The van der Waals surface area contributed by atoms with Gasteiger partial charge in [0.15, 0.2) is 4.96 Å². The molecule has 0 bridgehead atoms. The lowest BCUT2D eigenvalue weighted by Gasteiger charge is -2.21. The Morgan fingerprint density at radius 2 is 2.45 bits per heavy atom. The number of thiazole rings is 1. The number of nitrogens with zero attached hydrogens (tertiary/aromatic N) is 2. The number of hydrogen-bond acceptors (Lipinski definition) is 4. The van der Waals surface area contributed by atoms with E-state index in [2.05, 4.69) is 27.8 Å². The molecule has 108 valence electrons. The van der Waals surface area contributed by atoms with E-state index in [0.717, 1.165) is 35.8 Å². The van der Waals surface area contributed by atoms with Gasteiger partial charge in [0, 0.05) is 17.7 Å². The molecule has 3 rings (SSSR count). The summed E-state index contributed by atoms with van der Waals surface area (Å²) in [6.07, 6.45) is 3.97. The number of carbonyl (C=O) groups is 1. The lowest BCUT2D eigenvalue weighted by molar-refractivity contribution is -0.129. The fourth-order valence-corrected chi connectivity index (χ4v) is 3.47. The normalized spacial score (nSPS) is 19.4. The average Bonchev–Trinajstić information content (AvgIpc) is 2.92. The molecule has 5 nitrogen and oxygen atoms in total. The van der Waals surface area contributed by atoms with Gasteiger partial charge < -0.3 is 10.1 Å². The summed E-state index contributed by atoms with van der Waals surface area (Å²) in [5, 5.41) is 3.02. The number of imidazole rings is 1. The molecule has 0 unspecified atom stereocenters. The Morgan fingerprint density at radius 1 is 1.60 bits per heavy atom. The summed E-state index contributed by atoms with van der Waals surface area (Å²) in [7, 11) is 0. The molecular weight excluding hydrogens is 274 g/mol. The van der Waals surface area contributed by atoms with Crippen LogP contribution in [0.4, 0.5) is 0 Å². The van der Waals surface area contributed by atoms with E-state index in [-0.39, 0.29) is 11.8 Å². The summed E-state index contributed by atoms with van der Waals surface area (Å²) in [5.41, 5.74) is 2.05. The first-order chi connectivity index (χ1) is 9.65. The van der Waals surface area contributed by atoms with Crippen molar-refractivity contribution < 1.29 is 9.53 Å². The molecule has 6 heteroatoms. The minimum atomic E-state index is -0.00307. The predicted octanol–water partition coefficient (Wildman–Crippen LogP) is 2.06. The lowest BCUT2D eigenvalue weighted by atomic mass is 10.0. The van der Waals surface area contributed by atoms with Crippen LogP contribution in [0.5, 0.6) is 0 Å². The van der Waals surface area contributed by atoms with Gasteiger partial charge in [-0.25, -0.2) is 4.98 Å². The summed E-state index contributed by atoms with van der Waals surface area (Å²) in [5.74, 6) is 0.0858. The Morgan fingerprint density at radius 3 is 3.20 bits per heavy atom. The Kier molecular flexibility index (Phi) is 3.76. The molecule has 1 amide bonds. The highest BCUT2D eigenvalue weighted by Gasteiger charge is 2.22. The maximum absolute atomic E-state index is 12.1. The molecule has 2 aromatic rings. The second-order valence-corrected chi connectivity index (χ2v) is 6.48. The molecule has 20 heavy (non-hydrogen) atoms. The number of amides is 1. The van der Waals surface area contributed by atoms with Crippen LogP contribution in [0.2, 0.25) is 0 Å². The zero-order valence-corrected chi connectivity index (χ0v) is 12.6. The van der Waals surface area contributed by atoms with E-state index in [1.165, 1.54) is 4.88 Å². The van der Waals surface area contributed by atoms with Crippen molar-refractivity contribution in [2.24, 2.45) is 5.92 Å². The van der Waals surface area contributed by atoms with Crippen molar-refractivity contribution in [3.05, 3.63) is 22.5 Å². The van der Waals surface area contributed by atoms with Gasteiger partial charge >= 0.3 is 0 Å². The number of rotatable bonds is 3. The zero-order valence-electron chi connectivity index (χ0n) is 11.8. The zero-order chi connectivity index (χ0) is 14.1. The molecule has 1 fully saturated rings. The summed E-state index contributed by atoms with van der Waals surface area (Å²) >= 11 is 1.67. The number of aromatic nitrogens is 2. The van der Waals surface area contributed by atoms with E-state index < -0.39 is 0 Å². The summed E-state index contributed by atoms with van der Waals surface area (Å²) in [6, 6.07) is 0. The number of carbonyl (C=O) groups excluding carboxylic acids is 1. The largest absolute Gasteiger partial charge is 0.381 e. The maximum atomic E-state index is 12.1. The number of fused-ring (bicyclic) bond motifs is 1. The van der Waals surface area contributed by atoms with Gasteiger partial charge in [0.2, 0.25) is 5.91 Å². The lowest BCUT2D eigenvalue weighted by Crippen LogP contribution is -2.35. The highest BCUT2D eigenvalue weighted by molar-refractivity contribution is 7.17. The van der Waals surface area contributed by atoms with E-state index in [1.54, 1.807) is 11.3 Å². The molecule has 0 radical (unpaired) electrons. The monoisotopic (exact) mass is 293 g/mol. The summed E-state index contributed by atoms with van der Waals surface area (Å²) < 4.78 is 7.44. The van der Waals surface area contributed by atoms with Gasteiger partial charge in [0.1, 0.15) is 0 Å². The number of ether oxygens (including phenoxy) is 1. The number of aryl methyl sites for hydroxylation is 2. The average molecular weight is 293 g/mol. The van der Waals surface area contributed by atoms with Crippen LogP contribution in [0, 0.1) is 19.8 Å². The molecule has 1 atom stereocenters. The SMILES string of the molecule is Cc1cn2c(CNC(=O)[C@H]3CCCOC3)c(C)nc2s1. The van der Waals surface area contributed by atoms with Crippen molar-refractivity contribution in [2.45, 2.75) is 33.2 Å². The number of hydrogen-bond donors (Lipinski definition) is 1. The first kappa shape index (κ1) is 13.6. The van der Waals surface area contributed by atoms with Gasteiger partial charge in [-0.1, -0.05) is 0 Å². The molecular formula is C14H19N3O2S. The van der Waals surface area contributed by atoms with Gasteiger partial charge in [-0.3, -0.25) is 9.20 Å². The highest BCUT2D eigenvalue weighted by Crippen LogP contribution is 2.21. The quantitative estimate of drug-likeness (QED) is 0.942. The van der Waals surface area contributed by atoms with Crippen LogP contribution in [-0.2, 0) is 16.1 Å². The molecule has 1 aliphatic rings. The predicted molar refractivity (Wildman–Crippen MR) is 77.9 cm³/mol. The van der Waals surface area contributed by atoms with Gasteiger partial charge in [-0.2, -0.15) is 0 Å². The Bertz CT molecular complexity index is 626. The molecule has 2 aromatic heterocycles. The van der Waals surface area contributed by atoms with Crippen LogP contribution in [0.15, 0.2) is 6.20 Å². The summed E-state index contributed by atoms with van der Waals surface area (Å²) in [4.78, 5) is 18.9. The molecule has 0 aliphatic carbocycles. The van der Waals surface area contributed by atoms with E-state index in [1.807, 2.05) is 6.92 Å². The molecule has 1 N–H and O–H groups in total. The van der Waals surface area contributed by atoms with Gasteiger partial charge in [0.05, 0.1) is 30.5 Å². The molecule has 1 aliphatic heterocycles. The minimum Gasteiger partial charge on any atom is -0.381 e. The first-order valence-electron chi connectivity index (χ1n) is 6.94. The third-order valence-corrected chi connectivity index (χ3v) is 4.60. The van der Waals surface area contributed by atoms with Crippen molar-refractivity contribution in [3.8, 4) is 0 Å². The van der Waals surface area contributed by atoms with Crippen LogP contribution in [-0.4, -0.2) is 28.5 Å². The smallest absolute Gasteiger partial charge is 0.225 e. The van der Waals surface area contributed by atoms with Crippen molar-refractivity contribution in [3.63, 3.8) is 0 Å². The highest BCUT2D eigenvalue weighted by atomic mass is 32.1. The molecule has 0 aromatic carbocycles. The molecule has 0 saturated carbocycles. The van der Waals surface area contributed by atoms with Gasteiger partial charge in [0.25, 0.3) is 0 Å². The molecule has 1 saturated heterocycles. The maximum Gasteiger partial charge on any atom is 0.225 e. The van der Waals surface area contributed by atoms with Crippen molar-refractivity contribution in [1.29, 1.82) is 0 Å². The van der Waals surface area contributed by atoms with Crippen LogP contribution in [0.1, 0.15) is 29.1 Å². The second-order valence-electron chi connectivity index (χ2n) is 5.27. The topological polar surface area (TPSA) is 55.6 Å². The molecule has 0 spiro atoms. The Hall–Kier alpha value is -1.40. The van der Waals surface area contributed by atoms with E-state index >= 15 is 0 Å². The summed E-state index contributed by atoms with van der Waals surface area (Å²) in [6.45, 7) is 5.90.